The SMILES string of the molecule is CC.N#Cc1cccc(-c2nc(N)nc3c2ncn3Cc2ccc(N)c(C(F)(F)F)c2)c1. The van der Waals surface area contributed by atoms with Gasteiger partial charge in [0.1, 0.15) is 11.2 Å². The van der Waals surface area contributed by atoms with Crippen molar-refractivity contribution in [2.24, 2.45) is 0 Å². The number of benzene rings is 2. The van der Waals surface area contributed by atoms with Crippen LogP contribution in [-0.2, 0) is 12.7 Å². The van der Waals surface area contributed by atoms with E-state index in [0.29, 0.717) is 33.5 Å². The van der Waals surface area contributed by atoms with E-state index in [1.807, 2.05) is 13.8 Å². The van der Waals surface area contributed by atoms with Crippen LogP contribution in [0.4, 0.5) is 24.8 Å². The van der Waals surface area contributed by atoms with Gasteiger partial charge in [0, 0.05) is 11.3 Å². The maximum Gasteiger partial charge on any atom is 0.418 e. The normalized spacial score (nSPS) is 11.0. The van der Waals surface area contributed by atoms with Gasteiger partial charge in [0.05, 0.1) is 30.1 Å². The van der Waals surface area contributed by atoms with E-state index in [9.17, 15) is 13.2 Å². The molecule has 0 aliphatic carbocycles. The number of nitrogens with zero attached hydrogens (tertiary/aromatic N) is 5. The molecule has 0 amide bonds. The van der Waals surface area contributed by atoms with E-state index in [2.05, 4.69) is 21.0 Å². The number of nitriles is 1. The standard InChI is InChI=1S/C20H14F3N7.C2H6/c21-20(22,23)14-7-12(4-5-15(14)25)9-30-10-27-17-16(28-19(26)29-18(17)30)13-3-1-2-11(6-13)8-24;1-2/h1-7,10H,9,25H2,(H2,26,28,29);1-2H3. The highest BCUT2D eigenvalue weighted by atomic mass is 19.4. The second-order valence-corrected chi connectivity index (χ2v) is 6.59. The number of nitrogen functional groups attached to an aromatic ring is 2. The third-order valence-corrected chi connectivity index (χ3v) is 4.52. The van der Waals surface area contributed by atoms with Crippen LogP contribution in [0.25, 0.3) is 22.4 Å². The van der Waals surface area contributed by atoms with Gasteiger partial charge >= 0.3 is 6.18 Å². The summed E-state index contributed by atoms with van der Waals surface area (Å²) in [7, 11) is 0. The Morgan fingerprint density at radius 1 is 1.06 bits per heavy atom. The van der Waals surface area contributed by atoms with Gasteiger partial charge in [-0.2, -0.15) is 23.4 Å². The van der Waals surface area contributed by atoms with E-state index in [1.165, 1.54) is 18.5 Å². The molecule has 0 radical (unpaired) electrons. The zero-order valence-corrected chi connectivity index (χ0v) is 17.4. The lowest BCUT2D eigenvalue weighted by molar-refractivity contribution is -0.136. The molecule has 32 heavy (non-hydrogen) atoms. The Labute approximate surface area is 182 Å². The maximum absolute atomic E-state index is 13.2. The molecule has 2 aromatic carbocycles. The summed E-state index contributed by atoms with van der Waals surface area (Å²) in [5.41, 5.74) is 12.8. The molecule has 0 aliphatic heterocycles. The Morgan fingerprint density at radius 3 is 2.50 bits per heavy atom. The zero-order chi connectivity index (χ0) is 23.5. The van der Waals surface area contributed by atoms with Crippen LogP contribution in [0.5, 0.6) is 0 Å². The van der Waals surface area contributed by atoms with Crippen molar-refractivity contribution in [3.05, 3.63) is 65.5 Å². The highest BCUT2D eigenvalue weighted by Gasteiger charge is 2.33. The number of nitrogens with two attached hydrogens (primary N) is 2. The van der Waals surface area contributed by atoms with Gasteiger partial charge in [0.25, 0.3) is 0 Å². The molecule has 10 heteroatoms. The molecule has 0 bridgehead atoms. The van der Waals surface area contributed by atoms with Gasteiger partial charge in [-0.25, -0.2) is 9.97 Å². The number of halogens is 3. The van der Waals surface area contributed by atoms with Gasteiger partial charge in [0.2, 0.25) is 5.95 Å². The Kier molecular flexibility index (Phi) is 6.30. The first-order valence-electron chi connectivity index (χ1n) is 9.71. The summed E-state index contributed by atoms with van der Waals surface area (Å²) >= 11 is 0. The Bertz CT molecular complexity index is 1300. The third kappa shape index (κ3) is 4.46. The van der Waals surface area contributed by atoms with Crippen LogP contribution >= 0.6 is 0 Å². The molecule has 0 atom stereocenters. The molecule has 0 spiro atoms. The van der Waals surface area contributed by atoms with E-state index >= 15 is 0 Å². The second-order valence-electron chi connectivity index (χ2n) is 6.59. The molecule has 4 N–H and O–H groups in total. The van der Waals surface area contributed by atoms with Gasteiger partial charge in [-0.05, 0) is 29.8 Å². The van der Waals surface area contributed by atoms with Gasteiger partial charge < -0.3 is 16.0 Å². The smallest absolute Gasteiger partial charge is 0.398 e. The van der Waals surface area contributed by atoms with E-state index in [-0.39, 0.29) is 18.2 Å². The molecule has 4 aromatic rings. The summed E-state index contributed by atoms with van der Waals surface area (Å²) in [6, 6.07) is 12.6. The predicted molar refractivity (Wildman–Crippen MR) is 116 cm³/mol. The number of imidazole rings is 1. The second kappa shape index (κ2) is 8.93. The first-order valence-corrected chi connectivity index (χ1v) is 9.71. The Morgan fingerprint density at radius 2 is 1.81 bits per heavy atom. The molecule has 2 aromatic heterocycles. The molecule has 0 saturated heterocycles. The molecule has 4 rings (SSSR count). The molecule has 0 aliphatic rings. The molecular formula is C22H20F3N7. The molecule has 0 unspecified atom stereocenters. The lowest BCUT2D eigenvalue weighted by atomic mass is 10.1. The molecule has 164 valence electrons. The predicted octanol–water partition coefficient (Wildman–Crippen LogP) is 4.62. The number of hydrogen-bond acceptors (Lipinski definition) is 6. The van der Waals surface area contributed by atoms with Crippen molar-refractivity contribution in [1.82, 2.24) is 19.5 Å². The number of rotatable bonds is 3. The number of anilines is 2. The van der Waals surface area contributed by atoms with Crippen molar-refractivity contribution in [1.29, 1.82) is 5.26 Å². The number of alkyl halides is 3. The Balaban J connectivity index is 0.00000141. The quantitative estimate of drug-likeness (QED) is 0.450. The fraction of sp³-hybridized carbons (Fsp3) is 0.182. The van der Waals surface area contributed by atoms with Gasteiger partial charge in [-0.1, -0.05) is 32.0 Å². The van der Waals surface area contributed by atoms with Crippen LogP contribution < -0.4 is 11.5 Å². The van der Waals surface area contributed by atoms with Crippen LogP contribution in [0.3, 0.4) is 0 Å². The largest absolute Gasteiger partial charge is 0.418 e. The highest BCUT2D eigenvalue weighted by Crippen LogP contribution is 2.34. The van der Waals surface area contributed by atoms with Crippen LogP contribution in [0.2, 0.25) is 0 Å². The van der Waals surface area contributed by atoms with Gasteiger partial charge in [-0.15, -0.1) is 0 Å². The topological polar surface area (TPSA) is 119 Å². The first-order chi connectivity index (χ1) is 15.3. The lowest BCUT2D eigenvalue weighted by Gasteiger charge is -2.12. The summed E-state index contributed by atoms with van der Waals surface area (Å²) in [5, 5.41) is 9.13. The third-order valence-electron chi connectivity index (χ3n) is 4.52. The van der Waals surface area contributed by atoms with Crippen molar-refractivity contribution in [3.8, 4) is 17.3 Å². The van der Waals surface area contributed by atoms with E-state index in [0.717, 1.165) is 6.07 Å². The summed E-state index contributed by atoms with van der Waals surface area (Å²) < 4.78 is 41.1. The minimum absolute atomic E-state index is 0.0186. The highest BCUT2D eigenvalue weighted by molar-refractivity contribution is 5.88. The molecule has 7 nitrogen and oxygen atoms in total. The van der Waals surface area contributed by atoms with Gasteiger partial charge in [0.15, 0.2) is 5.65 Å². The van der Waals surface area contributed by atoms with Crippen LogP contribution in [0, 0.1) is 11.3 Å². The first kappa shape index (κ1) is 22.6. The van der Waals surface area contributed by atoms with Crippen molar-refractivity contribution in [2.75, 3.05) is 11.5 Å². The number of aromatic nitrogens is 4. The number of hydrogen-bond donors (Lipinski definition) is 2. The summed E-state index contributed by atoms with van der Waals surface area (Å²) in [4.78, 5) is 12.8. The maximum atomic E-state index is 13.2. The molecular weight excluding hydrogens is 419 g/mol. The molecule has 2 heterocycles. The van der Waals surface area contributed by atoms with Crippen LogP contribution in [0.1, 0.15) is 30.5 Å². The van der Waals surface area contributed by atoms with Gasteiger partial charge in [-0.3, -0.25) is 0 Å². The van der Waals surface area contributed by atoms with E-state index < -0.39 is 11.7 Å². The van der Waals surface area contributed by atoms with E-state index in [4.69, 9.17) is 16.7 Å². The monoisotopic (exact) mass is 439 g/mol. The van der Waals surface area contributed by atoms with Crippen molar-refractivity contribution in [2.45, 2.75) is 26.6 Å². The minimum Gasteiger partial charge on any atom is -0.398 e. The summed E-state index contributed by atoms with van der Waals surface area (Å²) in [6.07, 6.45) is -3.09. The fourth-order valence-corrected chi connectivity index (χ4v) is 3.16. The fourth-order valence-electron chi connectivity index (χ4n) is 3.16. The average molecular weight is 439 g/mol. The van der Waals surface area contributed by atoms with Crippen molar-refractivity contribution >= 4 is 22.8 Å². The van der Waals surface area contributed by atoms with E-state index in [1.54, 1.807) is 28.8 Å². The van der Waals surface area contributed by atoms with Crippen LogP contribution in [0.15, 0.2) is 48.8 Å². The minimum atomic E-state index is -4.55. The lowest BCUT2D eigenvalue weighted by Crippen LogP contribution is -2.10. The zero-order valence-electron chi connectivity index (χ0n) is 17.4. The Hall–Kier alpha value is -4.13. The molecule has 0 fully saturated rings. The van der Waals surface area contributed by atoms with Crippen molar-refractivity contribution < 1.29 is 13.2 Å². The molecule has 0 saturated carbocycles. The van der Waals surface area contributed by atoms with Crippen molar-refractivity contribution in [3.63, 3.8) is 0 Å². The summed E-state index contributed by atoms with van der Waals surface area (Å²) in [5.74, 6) is -0.0186. The van der Waals surface area contributed by atoms with Crippen LogP contribution in [-0.4, -0.2) is 19.5 Å². The number of fused-ring (bicyclic) bond motifs is 1. The average Bonchev–Trinajstić information content (AvgIpc) is 3.17. The summed E-state index contributed by atoms with van der Waals surface area (Å²) in [6.45, 7) is 4.08.